The van der Waals surface area contributed by atoms with Crippen LogP contribution in [-0.2, 0) is 9.47 Å². The number of nitrogens with zero attached hydrogens (tertiary/aromatic N) is 4. The summed E-state index contributed by atoms with van der Waals surface area (Å²) >= 11 is 0. The van der Waals surface area contributed by atoms with Gasteiger partial charge < -0.3 is 19.7 Å². The highest BCUT2D eigenvalue weighted by Gasteiger charge is 2.33. The fourth-order valence-corrected chi connectivity index (χ4v) is 3.28. The molecular formula is C19H20FN5O4. The minimum absolute atomic E-state index is 0.117. The Kier molecular flexibility index (Phi) is 5.52. The SMILES string of the molecule is O=C(NC[C@H]1CN(c2ccc(N3CCOCC3)c(F)c2)C(=O)O1)c1cnccn1. The molecule has 2 aliphatic heterocycles. The molecular weight excluding hydrogens is 381 g/mol. The number of nitrogens with one attached hydrogen (secondary N) is 1. The lowest BCUT2D eigenvalue weighted by Crippen LogP contribution is -2.37. The Morgan fingerprint density at radius 1 is 1.28 bits per heavy atom. The van der Waals surface area contributed by atoms with Gasteiger partial charge in [-0.15, -0.1) is 0 Å². The maximum absolute atomic E-state index is 14.6. The number of amides is 2. The van der Waals surface area contributed by atoms with Gasteiger partial charge in [-0.1, -0.05) is 0 Å². The number of aromatic nitrogens is 2. The zero-order valence-corrected chi connectivity index (χ0v) is 15.6. The Morgan fingerprint density at radius 3 is 2.83 bits per heavy atom. The molecule has 0 unspecified atom stereocenters. The van der Waals surface area contributed by atoms with E-state index in [1.54, 1.807) is 12.1 Å². The lowest BCUT2D eigenvalue weighted by Gasteiger charge is -2.29. The molecule has 2 aromatic rings. The van der Waals surface area contributed by atoms with Gasteiger partial charge in [-0.25, -0.2) is 14.2 Å². The molecule has 3 heterocycles. The predicted octanol–water partition coefficient (Wildman–Crippen LogP) is 1.21. The second-order valence-corrected chi connectivity index (χ2v) is 6.65. The molecule has 0 bridgehead atoms. The monoisotopic (exact) mass is 401 g/mol. The largest absolute Gasteiger partial charge is 0.442 e. The number of benzene rings is 1. The summed E-state index contributed by atoms with van der Waals surface area (Å²) in [5.41, 5.74) is 1.07. The van der Waals surface area contributed by atoms with Gasteiger partial charge in [0.2, 0.25) is 0 Å². The van der Waals surface area contributed by atoms with E-state index in [4.69, 9.17) is 9.47 Å². The number of rotatable bonds is 5. The van der Waals surface area contributed by atoms with E-state index in [1.165, 1.54) is 29.6 Å². The number of cyclic esters (lactones) is 1. The van der Waals surface area contributed by atoms with Crippen molar-refractivity contribution in [3.8, 4) is 0 Å². The molecule has 1 atom stereocenters. The first kappa shape index (κ1) is 19.1. The van der Waals surface area contributed by atoms with Crippen LogP contribution in [0.5, 0.6) is 0 Å². The topological polar surface area (TPSA) is 96.9 Å². The van der Waals surface area contributed by atoms with Crippen molar-refractivity contribution in [3.05, 3.63) is 48.3 Å². The van der Waals surface area contributed by atoms with Crippen molar-refractivity contribution in [2.75, 3.05) is 49.2 Å². The van der Waals surface area contributed by atoms with Crippen LogP contribution in [0.3, 0.4) is 0 Å². The number of halogens is 1. The summed E-state index contributed by atoms with van der Waals surface area (Å²) < 4.78 is 25.2. The number of morpholine rings is 1. The van der Waals surface area contributed by atoms with E-state index in [-0.39, 0.29) is 18.8 Å². The molecule has 1 N–H and O–H groups in total. The Bertz CT molecular complexity index is 891. The minimum Gasteiger partial charge on any atom is -0.442 e. The molecule has 0 saturated carbocycles. The van der Waals surface area contributed by atoms with Crippen molar-refractivity contribution in [2.24, 2.45) is 0 Å². The van der Waals surface area contributed by atoms with Crippen LogP contribution in [0.15, 0.2) is 36.8 Å². The fourth-order valence-electron chi connectivity index (χ4n) is 3.28. The van der Waals surface area contributed by atoms with Crippen molar-refractivity contribution in [3.63, 3.8) is 0 Å². The van der Waals surface area contributed by atoms with Crippen LogP contribution in [-0.4, -0.2) is 67.5 Å². The molecule has 2 aliphatic rings. The van der Waals surface area contributed by atoms with Crippen molar-refractivity contribution in [2.45, 2.75) is 6.10 Å². The summed E-state index contributed by atoms with van der Waals surface area (Å²) in [7, 11) is 0. The smallest absolute Gasteiger partial charge is 0.414 e. The molecule has 152 valence electrons. The molecule has 0 radical (unpaired) electrons. The molecule has 2 amide bonds. The van der Waals surface area contributed by atoms with E-state index in [2.05, 4.69) is 15.3 Å². The highest BCUT2D eigenvalue weighted by atomic mass is 19.1. The first-order chi connectivity index (χ1) is 14.1. The lowest BCUT2D eigenvalue weighted by atomic mass is 10.2. The van der Waals surface area contributed by atoms with Gasteiger partial charge in [-0.05, 0) is 18.2 Å². The Hall–Kier alpha value is -3.27. The number of carbonyl (C=O) groups excluding carboxylic acids is 2. The van der Waals surface area contributed by atoms with Crippen LogP contribution in [0.1, 0.15) is 10.5 Å². The molecule has 9 nitrogen and oxygen atoms in total. The fraction of sp³-hybridized carbons (Fsp3) is 0.368. The van der Waals surface area contributed by atoms with E-state index in [9.17, 15) is 14.0 Å². The number of hydrogen-bond donors (Lipinski definition) is 1. The second-order valence-electron chi connectivity index (χ2n) is 6.65. The maximum atomic E-state index is 14.6. The molecule has 10 heteroatoms. The third-order valence-electron chi connectivity index (χ3n) is 4.75. The zero-order valence-electron chi connectivity index (χ0n) is 15.6. The van der Waals surface area contributed by atoms with E-state index in [0.29, 0.717) is 37.7 Å². The second kappa shape index (κ2) is 8.39. The van der Waals surface area contributed by atoms with Crippen molar-refractivity contribution >= 4 is 23.4 Å². The van der Waals surface area contributed by atoms with Crippen LogP contribution in [0.25, 0.3) is 0 Å². The Morgan fingerprint density at radius 2 is 2.10 bits per heavy atom. The standard InChI is InChI=1S/C19H20FN5O4/c20-15-9-13(1-2-17(15)24-5-7-28-8-6-24)25-12-14(29-19(25)27)10-23-18(26)16-11-21-3-4-22-16/h1-4,9,11,14H,5-8,10,12H2,(H,23,26)/t14-/m0/s1. The molecule has 4 rings (SSSR count). The Balaban J connectivity index is 1.37. The van der Waals surface area contributed by atoms with Gasteiger partial charge in [0, 0.05) is 25.5 Å². The highest BCUT2D eigenvalue weighted by molar-refractivity contribution is 5.92. The summed E-state index contributed by atoms with van der Waals surface area (Å²) in [4.78, 5) is 35.3. The summed E-state index contributed by atoms with van der Waals surface area (Å²) in [5, 5.41) is 2.66. The van der Waals surface area contributed by atoms with E-state index >= 15 is 0 Å². The quantitative estimate of drug-likeness (QED) is 0.804. The highest BCUT2D eigenvalue weighted by Crippen LogP contribution is 2.28. The van der Waals surface area contributed by atoms with Crippen LogP contribution < -0.4 is 15.1 Å². The summed E-state index contributed by atoms with van der Waals surface area (Å²) in [6.07, 6.45) is 3.10. The van der Waals surface area contributed by atoms with E-state index in [0.717, 1.165) is 0 Å². The number of hydrogen-bond acceptors (Lipinski definition) is 7. The van der Waals surface area contributed by atoms with Gasteiger partial charge in [0.15, 0.2) is 0 Å². The van der Waals surface area contributed by atoms with Crippen LogP contribution in [0, 0.1) is 5.82 Å². The van der Waals surface area contributed by atoms with Crippen LogP contribution >= 0.6 is 0 Å². The van der Waals surface area contributed by atoms with Crippen LogP contribution in [0.4, 0.5) is 20.6 Å². The first-order valence-electron chi connectivity index (χ1n) is 9.26. The summed E-state index contributed by atoms with van der Waals surface area (Å²) in [6, 6.07) is 4.68. The molecule has 0 spiro atoms. The molecule has 1 aromatic carbocycles. The average molecular weight is 401 g/mol. The maximum Gasteiger partial charge on any atom is 0.414 e. The predicted molar refractivity (Wildman–Crippen MR) is 101 cm³/mol. The van der Waals surface area contributed by atoms with Gasteiger partial charge in [0.05, 0.1) is 43.9 Å². The van der Waals surface area contributed by atoms with Gasteiger partial charge >= 0.3 is 6.09 Å². The Labute approximate surface area is 166 Å². The van der Waals surface area contributed by atoms with Gasteiger partial charge in [0.1, 0.15) is 17.6 Å². The van der Waals surface area contributed by atoms with Gasteiger partial charge in [-0.3, -0.25) is 14.7 Å². The summed E-state index contributed by atoms with van der Waals surface area (Å²) in [6.45, 7) is 2.68. The number of ether oxygens (including phenoxy) is 2. The van der Waals surface area contributed by atoms with Crippen LogP contribution in [0.2, 0.25) is 0 Å². The molecule has 2 saturated heterocycles. The van der Waals surface area contributed by atoms with Crippen molar-refractivity contribution in [1.29, 1.82) is 0 Å². The lowest BCUT2D eigenvalue weighted by molar-refractivity contribution is 0.0911. The average Bonchev–Trinajstić information content (AvgIpc) is 3.13. The molecule has 2 fully saturated rings. The molecule has 1 aromatic heterocycles. The third-order valence-corrected chi connectivity index (χ3v) is 4.75. The number of carbonyl (C=O) groups is 2. The number of anilines is 2. The minimum atomic E-state index is -0.581. The summed E-state index contributed by atoms with van der Waals surface area (Å²) in [5.74, 6) is -0.815. The van der Waals surface area contributed by atoms with E-state index < -0.39 is 23.9 Å². The zero-order chi connectivity index (χ0) is 20.2. The van der Waals surface area contributed by atoms with Gasteiger partial charge in [-0.2, -0.15) is 0 Å². The first-order valence-corrected chi connectivity index (χ1v) is 9.26. The van der Waals surface area contributed by atoms with Crippen molar-refractivity contribution < 1.29 is 23.5 Å². The molecule has 0 aliphatic carbocycles. The van der Waals surface area contributed by atoms with E-state index in [1.807, 2.05) is 4.90 Å². The normalized spacial score (nSPS) is 19.2. The van der Waals surface area contributed by atoms with Crippen molar-refractivity contribution in [1.82, 2.24) is 15.3 Å². The van der Waals surface area contributed by atoms with Gasteiger partial charge in [0.25, 0.3) is 5.91 Å². The molecule has 29 heavy (non-hydrogen) atoms. The third kappa shape index (κ3) is 4.27.